The van der Waals surface area contributed by atoms with Gasteiger partial charge in [-0.25, -0.2) is 0 Å². The molecule has 1 aliphatic rings. The first kappa shape index (κ1) is 16.3. The highest BCUT2D eigenvalue weighted by atomic mass is 16.4. The summed E-state index contributed by atoms with van der Waals surface area (Å²) in [5.41, 5.74) is 1.88. The van der Waals surface area contributed by atoms with E-state index in [1.54, 1.807) is 0 Å². The maximum absolute atomic E-state index is 5.94. The number of piperidine rings is 1. The molecule has 6 heteroatoms. The molecule has 0 bridgehead atoms. The SMILES string of the molecule is CC(C)n1nc(-c2nnc(CCN3CCCCC3)o2)c2ccccc21. The smallest absolute Gasteiger partial charge is 0.268 e. The zero-order valence-corrected chi connectivity index (χ0v) is 15.0. The molecule has 1 saturated heterocycles. The fourth-order valence-corrected chi connectivity index (χ4v) is 3.53. The molecule has 0 spiro atoms. The average molecular weight is 339 g/mol. The van der Waals surface area contributed by atoms with E-state index in [4.69, 9.17) is 9.52 Å². The second-order valence-corrected chi connectivity index (χ2v) is 7.06. The monoisotopic (exact) mass is 339 g/mol. The number of benzene rings is 1. The van der Waals surface area contributed by atoms with Gasteiger partial charge in [-0.15, -0.1) is 10.2 Å². The van der Waals surface area contributed by atoms with E-state index < -0.39 is 0 Å². The highest BCUT2D eigenvalue weighted by Crippen LogP contribution is 2.28. The number of likely N-dealkylation sites (tertiary alicyclic amines) is 1. The minimum Gasteiger partial charge on any atom is -0.419 e. The lowest BCUT2D eigenvalue weighted by atomic mass is 10.1. The van der Waals surface area contributed by atoms with Crippen LogP contribution in [0.5, 0.6) is 0 Å². The summed E-state index contributed by atoms with van der Waals surface area (Å²) in [6.07, 6.45) is 4.75. The highest BCUT2D eigenvalue weighted by molar-refractivity contribution is 5.91. The molecular weight excluding hydrogens is 314 g/mol. The van der Waals surface area contributed by atoms with Crippen molar-refractivity contribution in [3.05, 3.63) is 30.2 Å². The van der Waals surface area contributed by atoms with Crippen LogP contribution in [-0.4, -0.2) is 44.5 Å². The van der Waals surface area contributed by atoms with E-state index in [0.29, 0.717) is 11.8 Å². The van der Waals surface area contributed by atoms with E-state index >= 15 is 0 Å². The number of rotatable bonds is 5. The third-order valence-electron chi connectivity index (χ3n) is 4.86. The standard InChI is InChI=1S/C19H25N5O/c1-14(2)24-16-9-5-4-8-15(16)18(22-24)19-21-20-17(25-19)10-13-23-11-6-3-7-12-23/h4-5,8-9,14H,3,6-7,10-13H2,1-2H3. The van der Waals surface area contributed by atoms with Crippen molar-refractivity contribution < 1.29 is 4.42 Å². The minimum atomic E-state index is 0.278. The van der Waals surface area contributed by atoms with E-state index in [-0.39, 0.29) is 6.04 Å². The summed E-state index contributed by atoms with van der Waals surface area (Å²) in [6, 6.07) is 8.48. The highest BCUT2D eigenvalue weighted by Gasteiger charge is 2.19. The van der Waals surface area contributed by atoms with Crippen molar-refractivity contribution in [2.75, 3.05) is 19.6 Å². The van der Waals surface area contributed by atoms with Gasteiger partial charge >= 0.3 is 0 Å². The molecule has 1 aromatic carbocycles. The van der Waals surface area contributed by atoms with Crippen molar-refractivity contribution in [3.63, 3.8) is 0 Å². The molecule has 3 aromatic rings. The predicted molar refractivity (Wildman–Crippen MR) is 97.4 cm³/mol. The van der Waals surface area contributed by atoms with E-state index in [1.165, 1.54) is 32.4 Å². The molecule has 0 unspecified atom stereocenters. The van der Waals surface area contributed by atoms with E-state index in [2.05, 4.69) is 41.1 Å². The third-order valence-corrected chi connectivity index (χ3v) is 4.86. The minimum absolute atomic E-state index is 0.278. The summed E-state index contributed by atoms with van der Waals surface area (Å²) in [7, 11) is 0. The van der Waals surface area contributed by atoms with Gasteiger partial charge in [0.05, 0.1) is 5.52 Å². The van der Waals surface area contributed by atoms with Crippen LogP contribution in [0.25, 0.3) is 22.5 Å². The van der Waals surface area contributed by atoms with Crippen LogP contribution in [0.3, 0.4) is 0 Å². The van der Waals surface area contributed by atoms with Gasteiger partial charge in [0.25, 0.3) is 5.89 Å². The molecule has 0 saturated carbocycles. The lowest BCUT2D eigenvalue weighted by molar-refractivity contribution is 0.226. The van der Waals surface area contributed by atoms with Crippen molar-refractivity contribution >= 4 is 10.9 Å². The Labute approximate surface area is 147 Å². The maximum Gasteiger partial charge on any atom is 0.268 e. The van der Waals surface area contributed by atoms with Crippen molar-refractivity contribution in [2.24, 2.45) is 0 Å². The van der Waals surface area contributed by atoms with Gasteiger partial charge in [-0.1, -0.05) is 24.6 Å². The Morgan fingerprint density at radius 2 is 1.88 bits per heavy atom. The summed E-state index contributed by atoms with van der Waals surface area (Å²) in [5, 5.41) is 14.3. The Morgan fingerprint density at radius 1 is 1.08 bits per heavy atom. The lowest BCUT2D eigenvalue weighted by Gasteiger charge is -2.25. The second-order valence-electron chi connectivity index (χ2n) is 7.06. The van der Waals surface area contributed by atoms with Crippen molar-refractivity contribution in [3.8, 4) is 11.6 Å². The van der Waals surface area contributed by atoms with Gasteiger partial charge in [-0.05, 0) is 45.8 Å². The molecule has 132 valence electrons. The van der Waals surface area contributed by atoms with Crippen LogP contribution in [0.2, 0.25) is 0 Å². The van der Waals surface area contributed by atoms with Gasteiger partial charge in [-0.2, -0.15) is 5.10 Å². The van der Waals surface area contributed by atoms with Crippen LogP contribution in [0.1, 0.15) is 45.0 Å². The Balaban J connectivity index is 1.56. The molecule has 6 nitrogen and oxygen atoms in total. The molecule has 0 atom stereocenters. The van der Waals surface area contributed by atoms with Crippen molar-refractivity contribution in [2.45, 2.75) is 45.6 Å². The molecule has 25 heavy (non-hydrogen) atoms. The van der Waals surface area contributed by atoms with Crippen molar-refractivity contribution in [1.29, 1.82) is 0 Å². The molecule has 4 rings (SSSR count). The van der Waals surface area contributed by atoms with Crippen molar-refractivity contribution in [1.82, 2.24) is 24.9 Å². The average Bonchev–Trinajstić information content (AvgIpc) is 3.25. The number of nitrogens with zero attached hydrogens (tertiary/aromatic N) is 5. The fraction of sp³-hybridized carbons (Fsp3) is 0.526. The summed E-state index contributed by atoms with van der Waals surface area (Å²) < 4.78 is 7.95. The normalized spacial score (nSPS) is 16.1. The summed E-state index contributed by atoms with van der Waals surface area (Å²) >= 11 is 0. The first-order valence-corrected chi connectivity index (χ1v) is 9.25. The molecule has 0 N–H and O–H groups in total. The number of para-hydroxylation sites is 1. The second kappa shape index (κ2) is 6.96. The first-order valence-electron chi connectivity index (χ1n) is 9.25. The Morgan fingerprint density at radius 3 is 2.68 bits per heavy atom. The molecule has 0 amide bonds. The first-order chi connectivity index (χ1) is 12.2. The Hall–Kier alpha value is -2.21. The van der Waals surface area contributed by atoms with Crippen LogP contribution >= 0.6 is 0 Å². The fourth-order valence-electron chi connectivity index (χ4n) is 3.53. The topological polar surface area (TPSA) is 60.0 Å². The van der Waals surface area contributed by atoms with Gasteiger partial charge in [-0.3, -0.25) is 4.68 Å². The van der Waals surface area contributed by atoms with E-state index in [0.717, 1.165) is 29.6 Å². The number of fused-ring (bicyclic) bond motifs is 1. The van der Waals surface area contributed by atoms with E-state index in [1.807, 2.05) is 16.8 Å². The molecule has 3 heterocycles. The summed E-state index contributed by atoms with van der Waals surface area (Å²) in [6.45, 7) is 7.61. The number of hydrogen-bond acceptors (Lipinski definition) is 5. The van der Waals surface area contributed by atoms with Gasteiger partial charge < -0.3 is 9.32 Å². The van der Waals surface area contributed by atoms with Crippen LogP contribution in [0.15, 0.2) is 28.7 Å². The maximum atomic E-state index is 5.94. The lowest BCUT2D eigenvalue weighted by Crippen LogP contribution is -2.31. The van der Waals surface area contributed by atoms with Gasteiger partial charge in [0.2, 0.25) is 5.89 Å². The van der Waals surface area contributed by atoms with Crippen LogP contribution in [-0.2, 0) is 6.42 Å². The van der Waals surface area contributed by atoms with Crippen LogP contribution < -0.4 is 0 Å². The number of hydrogen-bond donors (Lipinski definition) is 0. The molecule has 1 fully saturated rings. The Bertz CT molecular complexity index is 844. The summed E-state index contributed by atoms with van der Waals surface area (Å²) in [4.78, 5) is 2.48. The molecular formula is C19H25N5O. The largest absolute Gasteiger partial charge is 0.419 e. The summed E-state index contributed by atoms with van der Waals surface area (Å²) in [5.74, 6) is 1.22. The van der Waals surface area contributed by atoms with E-state index in [9.17, 15) is 0 Å². The quantitative estimate of drug-likeness (QED) is 0.709. The molecule has 0 aliphatic carbocycles. The van der Waals surface area contributed by atoms with Gasteiger partial charge in [0, 0.05) is 24.4 Å². The zero-order valence-electron chi connectivity index (χ0n) is 15.0. The molecule has 2 aromatic heterocycles. The Kier molecular flexibility index (Phi) is 4.53. The predicted octanol–water partition coefficient (Wildman–Crippen LogP) is 3.70. The third kappa shape index (κ3) is 3.31. The van der Waals surface area contributed by atoms with Crippen LogP contribution in [0, 0.1) is 0 Å². The zero-order chi connectivity index (χ0) is 17.2. The number of aromatic nitrogens is 4. The molecule has 0 radical (unpaired) electrons. The van der Waals surface area contributed by atoms with Crippen LogP contribution in [0.4, 0.5) is 0 Å². The molecule has 1 aliphatic heterocycles. The van der Waals surface area contributed by atoms with Gasteiger partial charge in [0.1, 0.15) is 0 Å². The van der Waals surface area contributed by atoms with Gasteiger partial charge in [0.15, 0.2) is 5.69 Å².